The Morgan fingerprint density at radius 3 is 2.45 bits per heavy atom. The summed E-state index contributed by atoms with van der Waals surface area (Å²) < 4.78 is 0. The minimum atomic E-state index is -1.04. The standard InChI is InChI=1S/C15H20N2O3/c1-8-4-10(3)13(12(7-8)14(18)19)17-15(20)16-11-5-9(2)6-11/h4,7,9,11H,5-6H2,1-3H3,(H,18,19)(H2,16,17,20). The van der Waals surface area contributed by atoms with Crippen molar-refractivity contribution in [2.45, 2.75) is 39.7 Å². The van der Waals surface area contributed by atoms with E-state index in [9.17, 15) is 14.7 Å². The molecule has 2 amide bonds. The van der Waals surface area contributed by atoms with Crippen molar-refractivity contribution in [2.24, 2.45) is 5.92 Å². The Kier molecular flexibility index (Phi) is 3.97. The highest BCUT2D eigenvalue weighted by Crippen LogP contribution is 2.27. The summed E-state index contributed by atoms with van der Waals surface area (Å²) in [6, 6.07) is 3.28. The number of aryl methyl sites for hydroxylation is 2. The van der Waals surface area contributed by atoms with Gasteiger partial charge in [-0.25, -0.2) is 9.59 Å². The van der Waals surface area contributed by atoms with Crippen LogP contribution in [0.25, 0.3) is 0 Å². The number of carbonyl (C=O) groups excluding carboxylic acids is 1. The molecule has 1 fully saturated rings. The van der Waals surface area contributed by atoms with Gasteiger partial charge in [0, 0.05) is 6.04 Å². The topological polar surface area (TPSA) is 78.4 Å². The van der Waals surface area contributed by atoms with Crippen molar-refractivity contribution in [3.63, 3.8) is 0 Å². The molecule has 2 rings (SSSR count). The van der Waals surface area contributed by atoms with Crippen molar-refractivity contribution in [1.29, 1.82) is 0 Å². The lowest BCUT2D eigenvalue weighted by molar-refractivity contribution is 0.0698. The minimum absolute atomic E-state index is 0.125. The third-order valence-corrected chi connectivity index (χ3v) is 3.66. The Hall–Kier alpha value is -2.04. The van der Waals surface area contributed by atoms with Crippen molar-refractivity contribution in [3.8, 4) is 0 Å². The lowest BCUT2D eigenvalue weighted by Gasteiger charge is -2.33. The number of benzene rings is 1. The summed E-state index contributed by atoms with van der Waals surface area (Å²) in [5.41, 5.74) is 2.10. The van der Waals surface area contributed by atoms with Crippen molar-refractivity contribution in [1.82, 2.24) is 5.32 Å². The minimum Gasteiger partial charge on any atom is -0.478 e. The first kappa shape index (κ1) is 14.4. The predicted octanol–water partition coefficient (Wildman–Crippen LogP) is 2.92. The van der Waals surface area contributed by atoms with Crippen molar-refractivity contribution >= 4 is 17.7 Å². The van der Waals surface area contributed by atoms with Crippen LogP contribution in [0.4, 0.5) is 10.5 Å². The van der Waals surface area contributed by atoms with Crippen LogP contribution in [0.15, 0.2) is 12.1 Å². The highest BCUT2D eigenvalue weighted by atomic mass is 16.4. The highest BCUT2D eigenvalue weighted by molar-refractivity contribution is 6.01. The molecule has 0 heterocycles. The van der Waals surface area contributed by atoms with Gasteiger partial charge in [0.05, 0.1) is 11.3 Å². The van der Waals surface area contributed by atoms with Gasteiger partial charge in [0.15, 0.2) is 0 Å². The van der Waals surface area contributed by atoms with E-state index in [0.717, 1.165) is 24.0 Å². The van der Waals surface area contributed by atoms with E-state index in [0.29, 0.717) is 11.6 Å². The van der Waals surface area contributed by atoms with E-state index in [2.05, 4.69) is 17.6 Å². The van der Waals surface area contributed by atoms with Gasteiger partial charge in [0.25, 0.3) is 0 Å². The van der Waals surface area contributed by atoms with Crippen molar-refractivity contribution < 1.29 is 14.7 Å². The van der Waals surface area contributed by atoms with Crippen LogP contribution < -0.4 is 10.6 Å². The molecular weight excluding hydrogens is 256 g/mol. The number of rotatable bonds is 3. The maximum atomic E-state index is 11.9. The summed E-state index contributed by atoms with van der Waals surface area (Å²) in [5, 5.41) is 14.8. The van der Waals surface area contributed by atoms with Crippen LogP contribution in [0.1, 0.15) is 41.3 Å². The second-order valence-corrected chi connectivity index (χ2v) is 5.68. The molecule has 1 aromatic carbocycles. The van der Waals surface area contributed by atoms with Crippen LogP contribution in [0, 0.1) is 19.8 Å². The molecule has 20 heavy (non-hydrogen) atoms. The Labute approximate surface area is 118 Å². The first-order chi connectivity index (χ1) is 9.36. The molecular formula is C15H20N2O3. The van der Waals surface area contributed by atoms with E-state index in [1.54, 1.807) is 13.0 Å². The van der Waals surface area contributed by atoms with Crippen LogP contribution >= 0.6 is 0 Å². The van der Waals surface area contributed by atoms with E-state index in [1.165, 1.54) is 0 Å². The van der Waals surface area contributed by atoms with Crippen LogP contribution in [-0.4, -0.2) is 23.1 Å². The highest BCUT2D eigenvalue weighted by Gasteiger charge is 2.27. The summed E-state index contributed by atoms with van der Waals surface area (Å²) in [4.78, 5) is 23.2. The summed E-state index contributed by atoms with van der Waals surface area (Å²) in [5.74, 6) is -0.389. The fourth-order valence-electron chi connectivity index (χ4n) is 2.66. The lowest BCUT2D eigenvalue weighted by Crippen LogP contribution is -2.45. The second-order valence-electron chi connectivity index (χ2n) is 5.68. The zero-order valence-corrected chi connectivity index (χ0v) is 12.0. The van der Waals surface area contributed by atoms with Gasteiger partial charge in [-0.1, -0.05) is 13.0 Å². The summed E-state index contributed by atoms with van der Waals surface area (Å²) in [6.45, 7) is 5.77. The number of amides is 2. The number of hydrogen-bond donors (Lipinski definition) is 3. The van der Waals surface area contributed by atoms with Crippen molar-refractivity contribution in [3.05, 3.63) is 28.8 Å². The van der Waals surface area contributed by atoms with Crippen molar-refractivity contribution in [2.75, 3.05) is 5.32 Å². The number of carboxylic acid groups (broad SMARTS) is 1. The Morgan fingerprint density at radius 2 is 1.90 bits per heavy atom. The van der Waals surface area contributed by atoms with Gasteiger partial charge in [-0.05, 0) is 49.8 Å². The smallest absolute Gasteiger partial charge is 0.337 e. The first-order valence-corrected chi connectivity index (χ1v) is 6.79. The van der Waals surface area contributed by atoms with Gasteiger partial charge in [0.1, 0.15) is 0 Å². The molecule has 1 saturated carbocycles. The predicted molar refractivity (Wildman–Crippen MR) is 77.2 cm³/mol. The fraction of sp³-hybridized carbons (Fsp3) is 0.467. The van der Waals surface area contributed by atoms with E-state index in [-0.39, 0.29) is 17.6 Å². The van der Waals surface area contributed by atoms with Gasteiger partial charge in [-0.2, -0.15) is 0 Å². The maximum Gasteiger partial charge on any atom is 0.337 e. The van der Waals surface area contributed by atoms with E-state index < -0.39 is 5.97 Å². The molecule has 0 saturated heterocycles. The van der Waals surface area contributed by atoms with Crippen LogP contribution in [0.3, 0.4) is 0 Å². The maximum absolute atomic E-state index is 11.9. The van der Waals surface area contributed by atoms with Gasteiger partial charge in [0.2, 0.25) is 0 Å². The molecule has 0 aliphatic heterocycles. The molecule has 1 aliphatic rings. The lowest BCUT2D eigenvalue weighted by atomic mass is 9.82. The molecule has 0 unspecified atom stereocenters. The fourth-order valence-corrected chi connectivity index (χ4v) is 2.66. The number of anilines is 1. The van der Waals surface area contributed by atoms with Gasteiger partial charge < -0.3 is 15.7 Å². The monoisotopic (exact) mass is 276 g/mol. The largest absolute Gasteiger partial charge is 0.478 e. The molecule has 1 aliphatic carbocycles. The first-order valence-electron chi connectivity index (χ1n) is 6.79. The number of urea groups is 1. The summed E-state index contributed by atoms with van der Waals surface area (Å²) in [7, 11) is 0. The Morgan fingerprint density at radius 1 is 1.25 bits per heavy atom. The molecule has 0 atom stereocenters. The molecule has 0 aromatic heterocycles. The molecule has 0 bridgehead atoms. The van der Waals surface area contributed by atoms with Gasteiger partial charge >= 0.3 is 12.0 Å². The molecule has 0 radical (unpaired) electrons. The van der Waals surface area contributed by atoms with Gasteiger partial charge in [-0.3, -0.25) is 0 Å². The number of aromatic carboxylic acids is 1. The number of nitrogens with one attached hydrogen (secondary N) is 2. The number of carboxylic acids is 1. The third kappa shape index (κ3) is 3.10. The summed E-state index contributed by atoms with van der Waals surface area (Å²) in [6.07, 6.45) is 1.96. The van der Waals surface area contributed by atoms with Crippen LogP contribution in [-0.2, 0) is 0 Å². The number of hydrogen-bond acceptors (Lipinski definition) is 2. The molecule has 5 nitrogen and oxygen atoms in total. The zero-order chi connectivity index (χ0) is 14.9. The zero-order valence-electron chi connectivity index (χ0n) is 12.0. The van der Waals surface area contributed by atoms with Crippen LogP contribution in [0.2, 0.25) is 0 Å². The molecule has 5 heteroatoms. The Bertz CT molecular complexity index is 548. The average Bonchev–Trinajstić information content (AvgIpc) is 2.30. The Balaban J connectivity index is 2.12. The molecule has 0 spiro atoms. The van der Waals surface area contributed by atoms with E-state index in [1.807, 2.05) is 13.0 Å². The second kappa shape index (κ2) is 5.53. The quantitative estimate of drug-likeness (QED) is 0.794. The van der Waals surface area contributed by atoms with E-state index in [4.69, 9.17) is 0 Å². The third-order valence-electron chi connectivity index (χ3n) is 3.66. The van der Waals surface area contributed by atoms with Gasteiger partial charge in [-0.15, -0.1) is 0 Å². The SMILES string of the molecule is Cc1cc(C)c(NC(=O)NC2CC(C)C2)c(C(=O)O)c1. The summed E-state index contributed by atoms with van der Waals surface area (Å²) >= 11 is 0. The molecule has 108 valence electrons. The van der Waals surface area contributed by atoms with E-state index >= 15 is 0 Å². The molecule has 1 aromatic rings. The molecule has 3 N–H and O–H groups in total. The average molecular weight is 276 g/mol. The van der Waals surface area contributed by atoms with Crippen LogP contribution in [0.5, 0.6) is 0 Å². The normalized spacial score (nSPS) is 20.9. The number of carbonyl (C=O) groups is 2.